The number of anilines is 4. The Morgan fingerprint density at radius 3 is 2.06 bits per heavy atom. The van der Waals surface area contributed by atoms with E-state index in [-0.39, 0.29) is 0 Å². The van der Waals surface area contributed by atoms with Gasteiger partial charge in [-0.3, -0.25) is 4.79 Å². The molecule has 2 saturated heterocycles. The molecule has 186 valence electrons. The van der Waals surface area contributed by atoms with Gasteiger partial charge in [0.25, 0.3) is 0 Å². The Morgan fingerprint density at radius 1 is 0.912 bits per heavy atom. The molecule has 0 radical (unpaired) electrons. The van der Waals surface area contributed by atoms with E-state index in [9.17, 15) is 4.79 Å². The summed E-state index contributed by atoms with van der Waals surface area (Å²) in [6, 6.07) is 12.0. The van der Waals surface area contributed by atoms with Crippen molar-refractivity contribution < 1.29 is 9.90 Å². The number of aliphatic hydroxyl groups is 1. The number of aliphatic hydroxyl groups excluding tert-OH is 1. The van der Waals surface area contributed by atoms with Gasteiger partial charge in [-0.25, -0.2) is 0 Å². The first kappa shape index (κ1) is 27.9. The maximum Gasteiger partial charge on any atom is 0.151 e. The molecule has 0 spiro atoms. The second kappa shape index (κ2) is 15.5. The van der Waals surface area contributed by atoms with Crippen molar-refractivity contribution in [3.63, 3.8) is 0 Å². The van der Waals surface area contributed by atoms with Crippen molar-refractivity contribution in [1.29, 1.82) is 0 Å². The summed E-state index contributed by atoms with van der Waals surface area (Å²) in [7, 11) is 3.03. The van der Waals surface area contributed by atoms with E-state index < -0.39 is 0 Å². The molecule has 0 atom stereocenters. The topological polar surface area (TPSA) is 67.8 Å². The first-order valence-corrected chi connectivity index (χ1v) is 12.7. The third-order valence-corrected chi connectivity index (χ3v) is 6.47. The molecule has 0 aromatic heterocycles. The summed E-state index contributed by atoms with van der Waals surface area (Å²) in [6.07, 6.45) is 8.83. The van der Waals surface area contributed by atoms with Gasteiger partial charge >= 0.3 is 0 Å². The van der Waals surface area contributed by atoms with Crippen LogP contribution in [0.5, 0.6) is 0 Å². The summed E-state index contributed by atoms with van der Waals surface area (Å²) in [5.41, 5.74) is 6.71. The number of nitrogens with zero attached hydrogens (tertiary/aromatic N) is 2. The van der Waals surface area contributed by atoms with Crippen molar-refractivity contribution in [3.8, 4) is 0 Å². The largest absolute Gasteiger partial charge is 0.400 e. The van der Waals surface area contributed by atoms with E-state index >= 15 is 0 Å². The van der Waals surface area contributed by atoms with Gasteiger partial charge in [0.1, 0.15) is 0 Å². The lowest BCUT2D eigenvalue weighted by Gasteiger charge is -2.33. The van der Waals surface area contributed by atoms with E-state index in [0.717, 1.165) is 12.8 Å². The number of hydrogen-bond acceptors (Lipinski definition) is 6. The van der Waals surface area contributed by atoms with Crippen LogP contribution in [0, 0.1) is 0 Å². The Balaban J connectivity index is 0.000000251. The van der Waals surface area contributed by atoms with Gasteiger partial charge in [-0.05, 0) is 74.9 Å². The first-order chi connectivity index (χ1) is 16.7. The van der Waals surface area contributed by atoms with Crippen molar-refractivity contribution in [2.75, 3.05) is 60.8 Å². The second-order valence-electron chi connectivity index (χ2n) is 8.16. The third kappa shape index (κ3) is 8.15. The highest BCUT2D eigenvalue weighted by Gasteiger charge is 2.17. The fraction of sp³-hybridized carbons (Fsp3) is 0.462. The van der Waals surface area contributed by atoms with Crippen LogP contribution in [0.2, 0.25) is 5.02 Å². The van der Waals surface area contributed by atoms with Crippen LogP contribution in [0.25, 0.3) is 0 Å². The fourth-order valence-corrected chi connectivity index (χ4v) is 4.62. The van der Waals surface area contributed by atoms with Gasteiger partial charge in [-0.2, -0.15) is 0 Å². The van der Waals surface area contributed by atoms with Crippen molar-refractivity contribution >= 4 is 58.3 Å². The molecule has 8 heteroatoms. The Labute approximate surface area is 214 Å². The van der Waals surface area contributed by atoms with E-state index in [1.165, 1.54) is 87.3 Å². The Morgan fingerprint density at radius 2 is 1.53 bits per heavy atom. The van der Waals surface area contributed by atoms with Gasteiger partial charge in [0.2, 0.25) is 0 Å². The van der Waals surface area contributed by atoms with Gasteiger partial charge in [-0.15, -0.1) is 0 Å². The quantitative estimate of drug-likeness (QED) is 0.337. The summed E-state index contributed by atoms with van der Waals surface area (Å²) < 4.78 is 0. The lowest BCUT2D eigenvalue weighted by molar-refractivity contribution is 0.112. The number of thiocarbonyl (C=S) groups is 1. The SMILES string of the molecule is CNc1ccc(N2CCCCC2)cc1N1CCCCC1.CO.O=Cc1ccc(NC=S)cc1Cl. The number of carbonyl (C=O) groups excluding carboxylic acids is 1. The van der Waals surface area contributed by atoms with Crippen LogP contribution in [-0.4, -0.2) is 57.2 Å². The minimum atomic E-state index is 0.423. The number of rotatable bonds is 6. The normalized spacial score (nSPS) is 15.2. The molecule has 2 fully saturated rings. The lowest BCUT2D eigenvalue weighted by atomic mass is 10.1. The Kier molecular flexibility index (Phi) is 12.7. The molecule has 0 unspecified atom stereocenters. The van der Waals surface area contributed by atoms with Crippen molar-refractivity contribution in [2.24, 2.45) is 0 Å². The predicted octanol–water partition coefficient (Wildman–Crippen LogP) is 5.84. The summed E-state index contributed by atoms with van der Waals surface area (Å²) >= 11 is 10.3. The molecule has 34 heavy (non-hydrogen) atoms. The third-order valence-electron chi connectivity index (χ3n) is 6.02. The smallest absolute Gasteiger partial charge is 0.151 e. The Bertz CT molecular complexity index is 900. The number of nitrogens with one attached hydrogen (secondary N) is 2. The van der Waals surface area contributed by atoms with Crippen LogP contribution >= 0.6 is 23.8 Å². The molecule has 6 nitrogen and oxygen atoms in total. The second-order valence-corrected chi connectivity index (χ2v) is 8.81. The molecule has 2 aliphatic heterocycles. The number of carbonyl (C=O) groups is 1. The van der Waals surface area contributed by atoms with Crippen LogP contribution in [0.3, 0.4) is 0 Å². The summed E-state index contributed by atoms with van der Waals surface area (Å²) in [6.45, 7) is 4.85. The van der Waals surface area contributed by atoms with Crippen LogP contribution in [0.15, 0.2) is 36.4 Å². The van der Waals surface area contributed by atoms with Crippen LogP contribution in [0.4, 0.5) is 22.7 Å². The molecule has 0 aliphatic carbocycles. The molecular weight excluding hydrogens is 468 g/mol. The molecule has 0 bridgehead atoms. The number of halogens is 1. The number of benzene rings is 2. The van der Waals surface area contributed by atoms with Crippen LogP contribution in [-0.2, 0) is 0 Å². The molecule has 0 saturated carbocycles. The molecule has 2 aromatic carbocycles. The molecular formula is C26H37ClN4O2S. The van der Waals surface area contributed by atoms with Gasteiger partial charge < -0.3 is 25.5 Å². The van der Waals surface area contributed by atoms with Crippen molar-refractivity contribution in [3.05, 3.63) is 47.0 Å². The minimum Gasteiger partial charge on any atom is -0.400 e. The maximum absolute atomic E-state index is 10.4. The Hall–Kier alpha value is -2.35. The van der Waals surface area contributed by atoms with Gasteiger partial charge in [-0.1, -0.05) is 23.8 Å². The number of aldehydes is 1. The van der Waals surface area contributed by atoms with E-state index in [2.05, 4.69) is 50.9 Å². The fourth-order valence-electron chi connectivity index (χ4n) is 4.26. The zero-order valence-corrected chi connectivity index (χ0v) is 21.8. The summed E-state index contributed by atoms with van der Waals surface area (Å²) in [5, 5.41) is 13.6. The number of hydrogen-bond donors (Lipinski definition) is 3. The van der Waals surface area contributed by atoms with Gasteiger partial charge in [0.05, 0.1) is 21.9 Å². The van der Waals surface area contributed by atoms with Crippen molar-refractivity contribution in [2.45, 2.75) is 38.5 Å². The lowest BCUT2D eigenvalue weighted by Crippen LogP contribution is -2.32. The highest BCUT2D eigenvalue weighted by atomic mass is 35.5. The molecule has 2 heterocycles. The summed E-state index contributed by atoms with van der Waals surface area (Å²) in [5.74, 6) is 0. The molecule has 0 amide bonds. The minimum absolute atomic E-state index is 0.423. The van der Waals surface area contributed by atoms with E-state index in [0.29, 0.717) is 16.9 Å². The average Bonchev–Trinajstić information content (AvgIpc) is 2.91. The van der Waals surface area contributed by atoms with E-state index in [4.69, 9.17) is 16.7 Å². The maximum atomic E-state index is 10.4. The molecule has 2 aliphatic rings. The van der Waals surface area contributed by atoms with Crippen molar-refractivity contribution in [1.82, 2.24) is 0 Å². The molecule has 3 N–H and O–H groups in total. The first-order valence-electron chi connectivity index (χ1n) is 11.9. The van der Waals surface area contributed by atoms with E-state index in [1.54, 1.807) is 18.2 Å². The monoisotopic (exact) mass is 504 g/mol. The van der Waals surface area contributed by atoms with Crippen LogP contribution < -0.4 is 20.4 Å². The standard InChI is InChI=1S/C17H27N3.C8H6ClNOS.CH4O/c1-18-16-9-8-15(19-10-4-2-5-11-19)14-17(16)20-12-6-3-7-13-20;9-8-3-7(10-5-12)2-1-6(8)4-11;1-2/h8-9,14,18H,2-7,10-13H2,1H3;1-5H,(H,10,12);2H,1H3. The van der Waals surface area contributed by atoms with E-state index in [1.807, 2.05) is 7.05 Å². The van der Waals surface area contributed by atoms with Gasteiger partial charge in [0.15, 0.2) is 6.29 Å². The highest BCUT2D eigenvalue weighted by molar-refractivity contribution is 7.79. The zero-order chi connectivity index (χ0) is 24.8. The molecule has 2 aromatic rings. The van der Waals surface area contributed by atoms with Gasteiger partial charge in [0, 0.05) is 57.3 Å². The molecule has 4 rings (SSSR count). The zero-order valence-electron chi connectivity index (χ0n) is 20.2. The summed E-state index contributed by atoms with van der Waals surface area (Å²) in [4.78, 5) is 15.5. The van der Waals surface area contributed by atoms with Crippen LogP contribution in [0.1, 0.15) is 48.9 Å². The average molecular weight is 505 g/mol. The highest BCUT2D eigenvalue weighted by Crippen LogP contribution is 2.33. The predicted molar refractivity (Wildman–Crippen MR) is 150 cm³/mol. The number of piperidine rings is 2.